The molecule has 0 unspecified atom stereocenters. The summed E-state index contributed by atoms with van der Waals surface area (Å²) in [6.07, 6.45) is 0.888. The molecule has 1 amide bonds. The lowest BCUT2D eigenvalue weighted by molar-refractivity contribution is 0.0958. The number of aromatic nitrogens is 2. The van der Waals surface area contributed by atoms with Crippen LogP contribution in [0.15, 0.2) is 53.9 Å². The molecule has 6 rings (SSSR count). The van der Waals surface area contributed by atoms with E-state index in [2.05, 4.69) is 68.7 Å². The minimum absolute atomic E-state index is 0.155. The maximum Gasteiger partial charge on any atom is 0.252 e. The average molecular weight is 538 g/mol. The van der Waals surface area contributed by atoms with Gasteiger partial charge in [-0.1, -0.05) is 24.0 Å². The van der Waals surface area contributed by atoms with Gasteiger partial charge in [-0.3, -0.25) is 14.8 Å². The number of likely N-dealkylation sites (N-methyl/N-ethyl adjacent to an activating group) is 1. The Labute approximate surface area is 232 Å². The predicted octanol–water partition coefficient (Wildman–Crippen LogP) is 4.25. The number of nitrogens with one attached hydrogen (secondary N) is 2. The fraction of sp³-hybridized carbons (Fsp3) is 0.290. The summed E-state index contributed by atoms with van der Waals surface area (Å²) in [5.74, 6) is 6.80. The number of ether oxygens (including phenoxy) is 1. The molecule has 198 valence electrons. The highest BCUT2D eigenvalue weighted by molar-refractivity contribution is 7.11. The van der Waals surface area contributed by atoms with E-state index in [0.29, 0.717) is 5.56 Å². The molecular formula is C31H31N5O2S. The average Bonchev–Trinajstić information content (AvgIpc) is 3.68. The molecule has 0 bridgehead atoms. The molecule has 3 heterocycles. The maximum atomic E-state index is 12.3. The van der Waals surface area contributed by atoms with Gasteiger partial charge in [0.2, 0.25) is 0 Å². The third-order valence-corrected chi connectivity index (χ3v) is 8.30. The van der Waals surface area contributed by atoms with Gasteiger partial charge in [0.05, 0.1) is 29.9 Å². The molecule has 7 nitrogen and oxygen atoms in total. The van der Waals surface area contributed by atoms with Gasteiger partial charge >= 0.3 is 0 Å². The van der Waals surface area contributed by atoms with Gasteiger partial charge in [-0.15, -0.1) is 11.3 Å². The van der Waals surface area contributed by atoms with Gasteiger partial charge in [0.15, 0.2) is 0 Å². The molecule has 0 radical (unpaired) electrons. The number of nitrogens with zero attached hydrogens (tertiary/aromatic N) is 3. The molecule has 0 saturated carbocycles. The highest BCUT2D eigenvalue weighted by Gasteiger charge is 2.26. The number of carbonyl (C=O) groups excluding carboxylic acids is 1. The van der Waals surface area contributed by atoms with Crippen molar-refractivity contribution in [3.05, 3.63) is 81.0 Å². The number of hydrogen-bond acceptors (Lipinski definition) is 6. The van der Waals surface area contributed by atoms with E-state index in [0.717, 1.165) is 66.7 Å². The summed E-state index contributed by atoms with van der Waals surface area (Å²) >= 11 is 1.60. The van der Waals surface area contributed by atoms with Crippen LogP contribution in [0.4, 0.5) is 0 Å². The zero-order chi connectivity index (χ0) is 26.8. The lowest BCUT2D eigenvalue weighted by Crippen LogP contribution is -2.43. The van der Waals surface area contributed by atoms with Gasteiger partial charge in [-0.2, -0.15) is 5.10 Å². The number of benzene rings is 2. The quantitative estimate of drug-likeness (QED) is 0.317. The molecule has 0 spiro atoms. The predicted molar refractivity (Wildman–Crippen MR) is 155 cm³/mol. The van der Waals surface area contributed by atoms with Crippen molar-refractivity contribution >= 4 is 17.2 Å². The second kappa shape index (κ2) is 11.1. The largest absolute Gasteiger partial charge is 0.497 e. The van der Waals surface area contributed by atoms with E-state index in [1.807, 2.05) is 0 Å². The van der Waals surface area contributed by atoms with Crippen LogP contribution >= 0.6 is 11.3 Å². The van der Waals surface area contributed by atoms with Crippen LogP contribution in [0.3, 0.4) is 0 Å². The number of rotatable bonds is 6. The fourth-order valence-corrected chi connectivity index (χ4v) is 5.95. The molecule has 8 heteroatoms. The summed E-state index contributed by atoms with van der Waals surface area (Å²) in [5.41, 5.74) is 9.04. The second-order valence-electron chi connectivity index (χ2n) is 10.1. The highest BCUT2D eigenvalue weighted by Crippen LogP contribution is 2.41. The van der Waals surface area contributed by atoms with Crippen molar-refractivity contribution in [2.45, 2.75) is 13.0 Å². The van der Waals surface area contributed by atoms with Crippen LogP contribution < -0.4 is 10.1 Å². The molecular weight excluding hydrogens is 506 g/mol. The van der Waals surface area contributed by atoms with Gasteiger partial charge in [0.1, 0.15) is 5.75 Å². The summed E-state index contributed by atoms with van der Waals surface area (Å²) in [6.45, 7) is 5.76. The number of amides is 1. The number of carbonyl (C=O) groups is 1. The number of H-pyrrole nitrogens is 1. The van der Waals surface area contributed by atoms with Crippen LogP contribution in [0.2, 0.25) is 0 Å². The Morgan fingerprint density at radius 3 is 2.74 bits per heavy atom. The van der Waals surface area contributed by atoms with E-state index in [4.69, 9.17) is 9.84 Å². The van der Waals surface area contributed by atoms with Gasteiger partial charge in [0.25, 0.3) is 5.91 Å². The minimum Gasteiger partial charge on any atom is -0.497 e. The summed E-state index contributed by atoms with van der Waals surface area (Å²) < 4.78 is 5.14. The zero-order valence-electron chi connectivity index (χ0n) is 22.2. The Hall–Kier alpha value is -3.90. The number of thiophene rings is 1. The van der Waals surface area contributed by atoms with Crippen LogP contribution in [0.5, 0.6) is 5.75 Å². The van der Waals surface area contributed by atoms with Gasteiger partial charge < -0.3 is 15.0 Å². The van der Waals surface area contributed by atoms with Crippen molar-refractivity contribution < 1.29 is 9.53 Å². The van der Waals surface area contributed by atoms with Crippen LogP contribution in [0, 0.1) is 11.8 Å². The van der Waals surface area contributed by atoms with Crippen LogP contribution in [0.1, 0.15) is 31.9 Å². The van der Waals surface area contributed by atoms with E-state index < -0.39 is 0 Å². The highest BCUT2D eigenvalue weighted by atomic mass is 32.1. The first-order chi connectivity index (χ1) is 19.1. The molecule has 2 aromatic heterocycles. The van der Waals surface area contributed by atoms with Crippen molar-refractivity contribution in [2.75, 3.05) is 46.9 Å². The Kier molecular flexibility index (Phi) is 7.20. The van der Waals surface area contributed by atoms with Crippen molar-refractivity contribution in [3.63, 3.8) is 0 Å². The molecule has 1 aliphatic carbocycles. The molecule has 1 saturated heterocycles. The zero-order valence-corrected chi connectivity index (χ0v) is 23.0. The number of fused-ring (bicyclic) bond motifs is 3. The number of hydrogen-bond donors (Lipinski definition) is 2. The van der Waals surface area contributed by atoms with Gasteiger partial charge in [-0.25, -0.2) is 0 Å². The second-order valence-corrected chi connectivity index (χ2v) is 11.0. The first-order valence-corrected chi connectivity index (χ1v) is 14.1. The molecule has 39 heavy (non-hydrogen) atoms. The fourth-order valence-electron chi connectivity index (χ4n) is 5.19. The molecule has 0 atom stereocenters. The topological polar surface area (TPSA) is 73.5 Å². The van der Waals surface area contributed by atoms with Crippen molar-refractivity contribution in [1.29, 1.82) is 0 Å². The normalized spacial score (nSPS) is 14.8. The first-order valence-electron chi connectivity index (χ1n) is 13.2. The number of piperazine rings is 1. The molecule has 4 aromatic rings. The molecule has 1 aliphatic heterocycles. The summed E-state index contributed by atoms with van der Waals surface area (Å²) in [6, 6.07) is 16.0. The van der Waals surface area contributed by atoms with Gasteiger partial charge in [-0.05, 0) is 54.6 Å². The molecule has 2 aliphatic rings. The van der Waals surface area contributed by atoms with Crippen molar-refractivity contribution in [1.82, 2.24) is 25.3 Å². The van der Waals surface area contributed by atoms with Crippen LogP contribution in [0.25, 0.3) is 22.5 Å². The summed E-state index contributed by atoms with van der Waals surface area (Å²) in [4.78, 5) is 18.2. The third kappa shape index (κ3) is 5.48. The van der Waals surface area contributed by atoms with E-state index in [-0.39, 0.29) is 12.5 Å². The summed E-state index contributed by atoms with van der Waals surface area (Å²) in [7, 11) is 3.79. The van der Waals surface area contributed by atoms with Crippen LogP contribution in [-0.2, 0) is 13.0 Å². The smallest absolute Gasteiger partial charge is 0.252 e. The van der Waals surface area contributed by atoms with E-state index in [1.54, 1.807) is 42.7 Å². The SMILES string of the molecule is COc1ccc(C(=O)NCC#Cc2cc(-c3n[nH]c4c3Cc3ccc(CN5CCN(C)CC5)cc3-4)cs2)cc1. The van der Waals surface area contributed by atoms with Crippen LogP contribution in [-0.4, -0.2) is 72.8 Å². The lowest BCUT2D eigenvalue weighted by atomic mass is 10.0. The standard InChI is InChI=1S/C31H31N5O2S/c1-35-12-14-36(15-13-35)19-21-5-6-23-18-28-29(33-34-30(28)27(23)16-21)24-17-26(39-20-24)4-3-11-32-31(37)22-7-9-25(38-2)10-8-22/h5-10,16-17,20H,11-15,18-19H2,1-2H3,(H,32,37)(H,33,34). The number of aromatic amines is 1. The monoisotopic (exact) mass is 537 g/mol. The molecule has 1 fully saturated rings. The lowest BCUT2D eigenvalue weighted by Gasteiger charge is -2.32. The van der Waals surface area contributed by atoms with Crippen molar-refractivity contribution in [2.24, 2.45) is 0 Å². The Balaban J connectivity index is 1.10. The van der Waals surface area contributed by atoms with Crippen molar-refractivity contribution in [3.8, 4) is 40.1 Å². The van der Waals surface area contributed by atoms with E-state index in [9.17, 15) is 4.79 Å². The van der Waals surface area contributed by atoms with Gasteiger partial charge in [0, 0.05) is 66.8 Å². The molecule has 2 N–H and O–H groups in total. The Bertz CT molecular complexity index is 1550. The Morgan fingerprint density at radius 2 is 1.95 bits per heavy atom. The minimum atomic E-state index is -0.155. The summed E-state index contributed by atoms with van der Waals surface area (Å²) in [5, 5.41) is 13.0. The third-order valence-electron chi connectivity index (χ3n) is 7.45. The number of methoxy groups -OCH3 is 1. The first kappa shape index (κ1) is 25.4. The Morgan fingerprint density at radius 1 is 1.13 bits per heavy atom. The maximum absolute atomic E-state index is 12.3. The van der Waals surface area contributed by atoms with E-state index in [1.165, 1.54) is 22.3 Å². The molecule has 2 aromatic carbocycles. The van der Waals surface area contributed by atoms with E-state index >= 15 is 0 Å².